The van der Waals surface area contributed by atoms with Gasteiger partial charge in [0.1, 0.15) is 0 Å². The Morgan fingerprint density at radius 2 is 2.15 bits per heavy atom. The zero-order valence-electron chi connectivity index (χ0n) is 12.0. The van der Waals surface area contributed by atoms with Crippen molar-refractivity contribution in [3.05, 3.63) is 46.0 Å². The largest absolute Gasteiger partial charge is 0.331 e. The van der Waals surface area contributed by atoms with Crippen LogP contribution in [0.4, 0.5) is 0 Å². The minimum atomic E-state index is 0.764. The number of imidazole rings is 1. The number of hydrogen-bond donors (Lipinski definition) is 1. The van der Waals surface area contributed by atoms with E-state index >= 15 is 0 Å². The van der Waals surface area contributed by atoms with Crippen molar-refractivity contribution >= 4 is 23.3 Å². The molecule has 5 heteroatoms. The molecule has 1 aromatic carbocycles. The van der Waals surface area contributed by atoms with Gasteiger partial charge in [0.05, 0.1) is 23.3 Å². The summed E-state index contributed by atoms with van der Waals surface area (Å²) in [5.74, 6) is 0. The molecule has 0 aliphatic carbocycles. The van der Waals surface area contributed by atoms with E-state index in [-0.39, 0.29) is 0 Å². The van der Waals surface area contributed by atoms with Gasteiger partial charge in [-0.2, -0.15) is 5.10 Å². The van der Waals surface area contributed by atoms with E-state index in [1.807, 2.05) is 11.7 Å². The lowest BCUT2D eigenvalue weighted by Gasteiger charge is -2.06. The molecule has 0 atom stereocenters. The molecule has 104 valence electrons. The van der Waals surface area contributed by atoms with Crippen molar-refractivity contribution in [2.45, 2.75) is 26.8 Å². The number of rotatable bonds is 3. The Balaban J connectivity index is 2.15. The van der Waals surface area contributed by atoms with Gasteiger partial charge in [-0.05, 0) is 37.2 Å². The molecule has 0 spiro atoms. The van der Waals surface area contributed by atoms with E-state index in [1.165, 1.54) is 16.6 Å². The van der Waals surface area contributed by atoms with E-state index in [4.69, 9.17) is 12.2 Å². The van der Waals surface area contributed by atoms with Gasteiger partial charge in [-0.15, -0.1) is 0 Å². The number of fused-ring (bicyclic) bond motifs is 1. The quantitative estimate of drug-likeness (QED) is 0.750. The van der Waals surface area contributed by atoms with Crippen molar-refractivity contribution in [3.8, 4) is 0 Å². The SMILES string of the molecule is CCc1nn(C)cc1Cn1c(=S)[nH]c2cccc(C)c21. The number of nitrogens with one attached hydrogen (secondary N) is 1. The Labute approximate surface area is 123 Å². The van der Waals surface area contributed by atoms with Crippen LogP contribution in [-0.4, -0.2) is 19.3 Å². The predicted octanol–water partition coefficient (Wildman–Crippen LogP) is 3.35. The number of hydrogen-bond acceptors (Lipinski definition) is 2. The van der Waals surface area contributed by atoms with E-state index in [1.54, 1.807) is 0 Å². The first-order valence-electron chi connectivity index (χ1n) is 6.79. The monoisotopic (exact) mass is 286 g/mol. The fraction of sp³-hybridized carbons (Fsp3) is 0.333. The maximum Gasteiger partial charge on any atom is 0.178 e. The summed E-state index contributed by atoms with van der Waals surface area (Å²) in [5, 5.41) is 4.50. The first-order chi connectivity index (χ1) is 9.60. The average molecular weight is 286 g/mol. The molecule has 0 aliphatic heterocycles. The number of aromatic amines is 1. The van der Waals surface area contributed by atoms with Crippen LogP contribution in [-0.2, 0) is 20.0 Å². The second-order valence-corrected chi connectivity index (χ2v) is 5.50. The summed E-state index contributed by atoms with van der Waals surface area (Å²) in [6.45, 7) is 5.01. The number of benzene rings is 1. The minimum absolute atomic E-state index is 0.764. The van der Waals surface area contributed by atoms with E-state index < -0.39 is 0 Å². The van der Waals surface area contributed by atoms with Gasteiger partial charge in [0, 0.05) is 18.8 Å². The Bertz CT molecular complexity index is 822. The van der Waals surface area contributed by atoms with Gasteiger partial charge in [0.15, 0.2) is 4.77 Å². The van der Waals surface area contributed by atoms with Crippen molar-refractivity contribution in [2.75, 3.05) is 0 Å². The lowest BCUT2D eigenvalue weighted by molar-refractivity contribution is 0.746. The van der Waals surface area contributed by atoms with Crippen LogP contribution in [0.2, 0.25) is 0 Å². The molecule has 0 aliphatic rings. The highest BCUT2D eigenvalue weighted by Gasteiger charge is 2.11. The van der Waals surface area contributed by atoms with Crippen LogP contribution in [0.3, 0.4) is 0 Å². The summed E-state index contributed by atoms with van der Waals surface area (Å²) in [7, 11) is 1.96. The first kappa shape index (κ1) is 13.1. The van der Waals surface area contributed by atoms with Gasteiger partial charge in [-0.3, -0.25) is 4.68 Å². The molecule has 0 saturated carbocycles. The molecule has 20 heavy (non-hydrogen) atoms. The van der Waals surface area contributed by atoms with Crippen LogP contribution in [0.1, 0.15) is 23.7 Å². The van der Waals surface area contributed by atoms with Gasteiger partial charge in [-0.1, -0.05) is 19.1 Å². The van der Waals surface area contributed by atoms with E-state index in [2.05, 4.69) is 52.9 Å². The van der Waals surface area contributed by atoms with Crippen LogP contribution in [0.15, 0.2) is 24.4 Å². The fourth-order valence-electron chi connectivity index (χ4n) is 2.74. The third kappa shape index (κ3) is 2.08. The van der Waals surface area contributed by atoms with Crippen molar-refractivity contribution in [3.63, 3.8) is 0 Å². The van der Waals surface area contributed by atoms with Gasteiger partial charge in [0.2, 0.25) is 0 Å². The zero-order valence-corrected chi connectivity index (χ0v) is 12.8. The highest BCUT2D eigenvalue weighted by molar-refractivity contribution is 7.71. The smallest absolute Gasteiger partial charge is 0.178 e. The second-order valence-electron chi connectivity index (χ2n) is 5.12. The van der Waals surface area contributed by atoms with E-state index in [9.17, 15) is 0 Å². The number of aryl methyl sites for hydroxylation is 3. The summed E-state index contributed by atoms with van der Waals surface area (Å²) < 4.78 is 4.80. The molecule has 4 nitrogen and oxygen atoms in total. The number of nitrogens with zero attached hydrogens (tertiary/aromatic N) is 3. The molecule has 1 N–H and O–H groups in total. The van der Waals surface area contributed by atoms with Crippen molar-refractivity contribution in [1.82, 2.24) is 19.3 Å². The normalized spacial score (nSPS) is 11.3. The molecule has 0 saturated heterocycles. The lowest BCUT2D eigenvalue weighted by Crippen LogP contribution is -2.02. The molecule has 0 unspecified atom stereocenters. The Morgan fingerprint density at radius 1 is 1.35 bits per heavy atom. The molecule has 2 heterocycles. The van der Waals surface area contributed by atoms with E-state index in [0.29, 0.717) is 0 Å². The summed E-state index contributed by atoms with van der Waals surface area (Å²) in [6, 6.07) is 6.23. The molecular formula is C15H18N4S. The van der Waals surface area contributed by atoms with E-state index in [0.717, 1.165) is 28.9 Å². The summed E-state index contributed by atoms with van der Waals surface area (Å²) >= 11 is 5.48. The topological polar surface area (TPSA) is 38.5 Å². The number of H-pyrrole nitrogens is 1. The Hall–Kier alpha value is -1.88. The Morgan fingerprint density at radius 3 is 2.90 bits per heavy atom. The summed E-state index contributed by atoms with van der Waals surface area (Å²) in [4.78, 5) is 3.28. The van der Waals surface area contributed by atoms with Crippen LogP contribution >= 0.6 is 12.2 Å². The zero-order chi connectivity index (χ0) is 14.3. The maximum atomic E-state index is 5.48. The maximum absolute atomic E-state index is 5.48. The standard InChI is InChI=1S/C15H18N4S/c1-4-12-11(8-18(3)17-12)9-19-14-10(2)6-5-7-13(14)16-15(19)20/h5-8H,4,9H2,1-3H3,(H,16,20). The van der Waals surface area contributed by atoms with Gasteiger partial charge in [-0.25, -0.2) is 0 Å². The molecule has 2 aromatic heterocycles. The average Bonchev–Trinajstić information content (AvgIpc) is 2.92. The van der Waals surface area contributed by atoms with Crippen LogP contribution in [0.5, 0.6) is 0 Å². The molecule has 3 aromatic rings. The fourth-order valence-corrected chi connectivity index (χ4v) is 3.00. The second kappa shape index (κ2) is 4.90. The first-order valence-corrected chi connectivity index (χ1v) is 7.20. The highest BCUT2D eigenvalue weighted by atomic mass is 32.1. The predicted molar refractivity (Wildman–Crippen MR) is 83.5 cm³/mol. The lowest BCUT2D eigenvalue weighted by atomic mass is 10.2. The molecular weight excluding hydrogens is 268 g/mol. The third-order valence-electron chi connectivity index (χ3n) is 3.65. The van der Waals surface area contributed by atoms with Gasteiger partial charge < -0.3 is 9.55 Å². The minimum Gasteiger partial charge on any atom is -0.331 e. The van der Waals surface area contributed by atoms with Crippen molar-refractivity contribution < 1.29 is 0 Å². The highest BCUT2D eigenvalue weighted by Crippen LogP contribution is 2.20. The molecule has 0 amide bonds. The molecule has 3 rings (SSSR count). The number of aromatic nitrogens is 4. The number of para-hydroxylation sites is 1. The van der Waals surface area contributed by atoms with Crippen molar-refractivity contribution in [2.24, 2.45) is 7.05 Å². The van der Waals surface area contributed by atoms with Crippen LogP contribution in [0, 0.1) is 11.7 Å². The van der Waals surface area contributed by atoms with Crippen LogP contribution < -0.4 is 0 Å². The van der Waals surface area contributed by atoms with Crippen molar-refractivity contribution in [1.29, 1.82) is 0 Å². The van der Waals surface area contributed by atoms with Crippen LogP contribution in [0.25, 0.3) is 11.0 Å². The third-order valence-corrected chi connectivity index (χ3v) is 3.97. The molecule has 0 fully saturated rings. The summed E-state index contributed by atoms with van der Waals surface area (Å²) in [6.07, 6.45) is 3.02. The van der Waals surface area contributed by atoms with Gasteiger partial charge >= 0.3 is 0 Å². The summed E-state index contributed by atoms with van der Waals surface area (Å²) in [5.41, 5.74) is 5.88. The van der Waals surface area contributed by atoms with Gasteiger partial charge in [0.25, 0.3) is 0 Å². The Kier molecular flexibility index (Phi) is 3.22. The molecule has 0 radical (unpaired) electrons. The molecule has 0 bridgehead atoms.